The van der Waals surface area contributed by atoms with Crippen molar-refractivity contribution < 1.29 is 24.3 Å². The number of aromatic amines is 1. The van der Waals surface area contributed by atoms with Crippen LogP contribution in [0.3, 0.4) is 0 Å². The maximum Gasteiger partial charge on any atom is 0.326 e. The van der Waals surface area contributed by atoms with Crippen molar-refractivity contribution in [3.8, 4) is 0 Å². The second-order valence-corrected chi connectivity index (χ2v) is 10.7. The minimum Gasteiger partial charge on any atom is -0.480 e. The van der Waals surface area contributed by atoms with Crippen LogP contribution in [0.25, 0.3) is 10.9 Å². The van der Waals surface area contributed by atoms with Gasteiger partial charge in [-0.3, -0.25) is 24.4 Å². The Kier molecular flexibility index (Phi) is 12.3. The van der Waals surface area contributed by atoms with E-state index in [2.05, 4.69) is 25.6 Å². The number of aromatic nitrogens is 1. The summed E-state index contributed by atoms with van der Waals surface area (Å²) in [5, 5.41) is 16.1. The number of aliphatic imine (C=N–C) groups is 2. The zero-order chi connectivity index (χ0) is 32.2. The number of amides is 3. The highest BCUT2D eigenvalue weighted by Gasteiger charge is 2.39. The minimum absolute atomic E-state index is 0.0519. The lowest BCUT2D eigenvalue weighted by Crippen LogP contribution is -2.57. The van der Waals surface area contributed by atoms with Crippen molar-refractivity contribution in [3.05, 3.63) is 36.0 Å². The van der Waals surface area contributed by atoms with Crippen LogP contribution in [0.4, 0.5) is 0 Å². The molecule has 44 heavy (non-hydrogen) atoms. The average Bonchev–Trinajstić information content (AvgIpc) is 3.63. The van der Waals surface area contributed by atoms with Crippen molar-refractivity contribution in [2.75, 3.05) is 19.6 Å². The van der Waals surface area contributed by atoms with Gasteiger partial charge in [0.1, 0.15) is 18.1 Å². The fourth-order valence-electron chi connectivity index (χ4n) is 5.18. The molecule has 1 aromatic heterocycles. The molecule has 0 aliphatic carbocycles. The minimum atomic E-state index is -1.22. The van der Waals surface area contributed by atoms with Gasteiger partial charge in [-0.05, 0) is 50.2 Å². The first-order valence-corrected chi connectivity index (χ1v) is 14.5. The van der Waals surface area contributed by atoms with E-state index in [0.29, 0.717) is 32.2 Å². The Morgan fingerprint density at radius 3 is 2.30 bits per heavy atom. The molecule has 14 N–H and O–H groups in total. The molecular formula is C28H43N11O5. The highest BCUT2D eigenvalue weighted by atomic mass is 16.4. The number of guanidine groups is 2. The lowest BCUT2D eigenvalue weighted by molar-refractivity contribution is -0.145. The molecule has 3 amide bonds. The van der Waals surface area contributed by atoms with Gasteiger partial charge in [0, 0.05) is 43.2 Å². The summed E-state index contributed by atoms with van der Waals surface area (Å²) in [7, 11) is 0. The Morgan fingerprint density at radius 2 is 1.64 bits per heavy atom. The van der Waals surface area contributed by atoms with Crippen molar-refractivity contribution in [2.24, 2.45) is 38.7 Å². The largest absolute Gasteiger partial charge is 0.480 e. The van der Waals surface area contributed by atoms with Crippen LogP contribution in [-0.2, 0) is 25.6 Å². The number of carboxylic acids is 1. The lowest BCUT2D eigenvalue weighted by Gasteiger charge is -2.30. The summed E-state index contributed by atoms with van der Waals surface area (Å²) < 4.78 is 0. The summed E-state index contributed by atoms with van der Waals surface area (Å²) in [5.41, 5.74) is 29.1. The smallest absolute Gasteiger partial charge is 0.326 e. The zero-order valence-corrected chi connectivity index (χ0v) is 24.6. The quantitative estimate of drug-likeness (QED) is 0.0581. The molecule has 0 bridgehead atoms. The van der Waals surface area contributed by atoms with E-state index in [1.807, 2.05) is 24.3 Å². The van der Waals surface area contributed by atoms with Crippen LogP contribution in [0.2, 0.25) is 0 Å². The highest BCUT2D eigenvalue weighted by Crippen LogP contribution is 2.22. The third-order valence-electron chi connectivity index (χ3n) is 7.42. The molecule has 0 saturated carbocycles. The third kappa shape index (κ3) is 9.58. The van der Waals surface area contributed by atoms with Crippen molar-refractivity contribution in [1.82, 2.24) is 20.5 Å². The summed E-state index contributed by atoms with van der Waals surface area (Å²) in [4.78, 5) is 64.5. The standard InChI is InChI=1S/C28H43N11O5/c29-18(7-3-11-34-27(30)31)23(40)37-20(9-4-12-35-28(32)33)25(42)39-13-5-10-22(39)24(41)38-21(26(43)44)14-16-15-36-19-8-2-1-6-17(16)19/h1-2,6,8,15,18,20-22,36H,3-5,7,9-14,29H2,(H,37,40)(H,38,41)(H,43,44)(H4,30,31,34)(H4,32,33,35). The van der Waals surface area contributed by atoms with Gasteiger partial charge >= 0.3 is 5.97 Å². The molecule has 0 radical (unpaired) electrons. The van der Waals surface area contributed by atoms with Crippen LogP contribution in [0.5, 0.6) is 0 Å². The second-order valence-electron chi connectivity index (χ2n) is 10.7. The number of aliphatic carboxylic acids is 1. The molecule has 2 heterocycles. The van der Waals surface area contributed by atoms with Gasteiger partial charge in [-0.1, -0.05) is 18.2 Å². The number of carbonyl (C=O) groups is 4. The zero-order valence-electron chi connectivity index (χ0n) is 24.6. The lowest BCUT2D eigenvalue weighted by atomic mass is 10.0. The highest BCUT2D eigenvalue weighted by molar-refractivity contribution is 5.95. The number of H-pyrrole nitrogens is 1. The van der Waals surface area contributed by atoms with E-state index in [4.69, 9.17) is 28.7 Å². The van der Waals surface area contributed by atoms with Gasteiger partial charge in [0.2, 0.25) is 17.7 Å². The maximum atomic E-state index is 13.7. The molecule has 2 aromatic rings. The number of carboxylic acid groups (broad SMARTS) is 1. The molecule has 3 rings (SSSR count). The number of nitrogens with two attached hydrogens (primary N) is 5. The first kappa shape index (κ1) is 33.6. The predicted octanol–water partition coefficient (Wildman–Crippen LogP) is -1.81. The predicted molar refractivity (Wildman–Crippen MR) is 166 cm³/mol. The molecule has 1 aliphatic heterocycles. The van der Waals surface area contributed by atoms with Gasteiger partial charge < -0.3 is 54.3 Å². The fourth-order valence-corrected chi connectivity index (χ4v) is 5.18. The number of rotatable bonds is 16. The third-order valence-corrected chi connectivity index (χ3v) is 7.42. The van der Waals surface area contributed by atoms with Crippen LogP contribution >= 0.6 is 0 Å². The first-order valence-electron chi connectivity index (χ1n) is 14.5. The summed E-state index contributed by atoms with van der Waals surface area (Å²) >= 11 is 0. The number of hydrogen-bond acceptors (Lipinski definition) is 7. The molecule has 1 fully saturated rings. The number of nitrogens with zero attached hydrogens (tertiary/aromatic N) is 3. The number of benzene rings is 1. The number of nitrogens with one attached hydrogen (secondary N) is 3. The van der Waals surface area contributed by atoms with Gasteiger partial charge in [0.05, 0.1) is 6.04 Å². The van der Waals surface area contributed by atoms with E-state index < -0.39 is 47.9 Å². The number of hydrogen-bond donors (Lipinski definition) is 9. The van der Waals surface area contributed by atoms with Crippen LogP contribution in [-0.4, -0.2) is 94.4 Å². The molecule has 16 nitrogen and oxygen atoms in total. The SMILES string of the molecule is NC(N)=NCCCC(N)C(=O)NC(CCCN=C(N)N)C(=O)N1CCCC1C(=O)NC(Cc1c[nH]c2ccccc12)C(=O)O. The van der Waals surface area contributed by atoms with Gasteiger partial charge in [-0.25, -0.2) is 4.79 Å². The van der Waals surface area contributed by atoms with Crippen LogP contribution in [0.15, 0.2) is 40.4 Å². The van der Waals surface area contributed by atoms with Crippen LogP contribution in [0.1, 0.15) is 44.1 Å². The fraction of sp³-hybridized carbons (Fsp3) is 0.500. The number of carbonyl (C=O) groups excluding carboxylic acids is 3. The molecule has 4 atom stereocenters. The molecular weight excluding hydrogens is 570 g/mol. The summed E-state index contributed by atoms with van der Waals surface area (Å²) in [6.07, 6.45) is 3.93. The van der Waals surface area contributed by atoms with Gasteiger partial charge in [0.25, 0.3) is 0 Å². The van der Waals surface area contributed by atoms with Crippen LogP contribution in [0, 0.1) is 0 Å². The van der Waals surface area contributed by atoms with Crippen molar-refractivity contribution in [1.29, 1.82) is 0 Å². The van der Waals surface area contributed by atoms with Crippen molar-refractivity contribution >= 4 is 46.5 Å². The first-order chi connectivity index (χ1) is 21.0. The van der Waals surface area contributed by atoms with Crippen LogP contribution < -0.4 is 39.3 Å². The molecule has 1 aliphatic rings. The van der Waals surface area contributed by atoms with E-state index >= 15 is 0 Å². The molecule has 1 saturated heterocycles. The van der Waals surface area contributed by atoms with E-state index in [9.17, 15) is 24.3 Å². The summed E-state index contributed by atoms with van der Waals surface area (Å²) in [6.45, 7) is 0.791. The topological polar surface area (TPSA) is 286 Å². The van der Waals surface area contributed by atoms with E-state index in [-0.39, 0.29) is 44.3 Å². The Hall–Kier alpha value is -4.86. The number of para-hydroxylation sites is 1. The summed E-state index contributed by atoms with van der Waals surface area (Å²) in [6, 6.07) is 3.42. The van der Waals surface area contributed by atoms with Crippen molar-refractivity contribution in [2.45, 2.75) is 69.1 Å². The van der Waals surface area contributed by atoms with Gasteiger partial charge in [0.15, 0.2) is 11.9 Å². The Labute approximate surface area is 254 Å². The Morgan fingerprint density at radius 1 is 0.977 bits per heavy atom. The van der Waals surface area contributed by atoms with Crippen molar-refractivity contribution in [3.63, 3.8) is 0 Å². The Balaban J connectivity index is 1.69. The molecule has 16 heteroatoms. The number of likely N-dealkylation sites (tertiary alicyclic amines) is 1. The Bertz CT molecular complexity index is 1370. The maximum absolute atomic E-state index is 13.7. The monoisotopic (exact) mass is 613 g/mol. The van der Waals surface area contributed by atoms with Gasteiger partial charge in [-0.15, -0.1) is 0 Å². The van der Waals surface area contributed by atoms with E-state index in [0.717, 1.165) is 16.5 Å². The number of fused-ring (bicyclic) bond motifs is 1. The second kappa shape index (κ2) is 16.1. The molecule has 0 spiro atoms. The van der Waals surface area contributed by atoms with E-state index in [1.165, 1.54) is 4.90 Å². The molecule has 240 valence electrons. The molecule has 4 unspecified atom stereocenters. The average molecular weight is 614 g/mol. The van der Waals surface area contributed by atoms with E-state index in [1.54, 1.807) is 6.20 Å². The normalized spacial score (nSPS) is 16.5. The van der Waals surface area contributed by atoms with Gasteiger partial charge in [-0.2, -0.15) is 0 Å². The summed E-state index contributed by atoms with van der Waals surface area (Å²) in [5.74, 6) is -2.96. The molecule has 1 aromatic carbocycles.